The van der Waals surface area contributed by atoms with Crippen molar-refractivity contribution in [2.45, 2.75) is 39.7 Å². The van der Waals surface area contributed by atoms with Crippen LogP contribution in [0.25, 0.3) is 0 Å². The number of amides is 2. The Balaban J connectivity index is 1.43. The molecule has 2 N–H and O–H groups in total. The first-order valence-electron chi connectivity index (χ1n) is 10.7. The van der Waals surface area contributed by atoms with Crippen molar-refractivity contribution < 1.29 is 9.59 Å². The van der Waals surface area contributed by atoms with E-state index in [0.717, 1.165) is 23.5 Å². The molecule has 160 valence electrons. The maximum absolute atomic E-state index is 12.8. The number of nitrogens with zero attached hydrogens (tertiary/aromatic N) is 2. The summed E-state index contributed by atoms with van der Waals surface area (Å²) < 4.78 is 2.12. The zero-order valence-electron chi connectivity index (χ0n) is 18.1. The molecule has 31 heavy (non-hydrogen) atoms. The molecule has 0 saturated heterocycles. The lowest BCUT2D eigenvalue weighted by Gasteiger charge is -2.12. The Morgan fingerprint density at radius 1 is 1.10 bits per heavy atom. The van der Waals surface area contributed by atoms with Gasteiger partial charge in [0.1, 0.15) is 5.82 Å². The summed E-state index contributed by atoms with van der Waals surface area (Å²) in [6.45, 7) is 7.01. The smallest absolute Gasteiger partial charge is 0.255 e. The fraction of sp³-hybridized carbons (Fsp3) is 0.320. The zero-order valence-corrected chi connectivity index (χ0v) is 18.1. The van der Waals surface area contributed by atoms with Crippen LogP contribution in [-0.2, 0) is 11.3 Å². The highest BCUT2D eigenvalue weighted by molar-refractivity contribution is 6.05. The molecule has 2 aromatic carbocycles. The minimum Gasteiger partial charge on any atom is -0.330 e. The second-order valence-electron chi connectivity index (χ2n) is 8.61. The maximum Gasteiger partial charge on any atom is 0.255 e. The maximum atomic E-state index is 12.8. The first-order valence-corrected chi connectivity index (χ1v) is 10.7. The molecule has 0 bridgehead atoms. The summed E-state index contributed by atoms with van der Waals surface area (Å²) in [5, 5.41) is 5.88. The molecule has 6 heteroatoms. The van der Waals surface area contributed by atoms with Crippen molar-refractivity contribution in [2.75, 3.05) is 10.6 Å². The van der Waals surface area contributed by atoms with Gasteiger partial charge in [-0.2, -0.15) is 0 Å². The molecule has 1 aliphatic carbocycles. The lowest BCUT2D eigenvalue weighted by molar-refractivity contribution is -0.117. The van der Waals surface area contributed by atoms with E-state index >= 15 is 0 Å². The molecule has 1 saturated carbocycles. The van der Waals surface area contributed by atoms with Crippen LogP contribution >= 0.6 is 0 Å². The van der Waals surface area contributed by atoms with Gasteiger partial charge in [0.25, 0.3) is 5.91 Å². The second kappa shape index (κ2) is 8.76. The molecule has 1 aliphatic rings. The van der Waals surface area contributed by atoms with Gasteiger partial charge in [-0.15, -0.1) is 0 Å². The van der Waals surface area contributed by atoms with Crippen molar-refractivity contribution in [3.05, 3.63) is 77.9 Å². The number of carbonyl (C=O) groups is 2. The molecule has 1 aromatic heterocycles. The van der Waals surface area contributed by atoms with Crippen LogP contribution in [0.4, 0.5) is 11.4 Å². The monoisotopic (exact) mass is 416 g/mol. The fourth-order valence-corrected chi connectivity index (χ4v) is 3.76. The van der Waals surface area contributed by atoms with E-state index in [9.17, 15) is 9.59 Å². The van der Waals surface area contributed by atoms with E-state index in [1.807, 2.05) is 36.7 Å². The Morgan fingerprint density at radius 2 is 1.81 bits per heavy atom. The molecule has 1 fully saturated rings. The van der Waals surface area contributed by atoms with Gasteiger partial charge in [-0.05, 0) is 48.2 Å². The lowest BCUT2D eigenvalue weighted by Crippen LogP contribution is -2.16. The summed E-state index contributed by atoms with van der Waals surface area (Å²) in [7, 11) is 0. The summed E-state index contributed by atoms with van der Waals surface area (Å²) in [5.41, 5.74) is 2.96. The molecule has 1 heterocycles. The van der Waals surface area contributed by atoms with E-state index in [2.05, 4.69) is 41.0 Å². The molecule has 4 rings (SSSR count). The minimum atomic E-state index is -0.210. The van der Waals surface area contributed by atoms with Crippen molar-refractivity contribution in [3.8, 4) is 0 Å². The van der Waals surface area contributed by atoms with Crippen LogP contribution in [0.2, 0.25) is 0 Å². The van der Waals surface area contributed by atoms with Crippen molar-refractivity contribution in [1.82, 2.24) is 9.55 Å². The van der Waals surface area contributed by atoms with E-state index in [1.54, 1.807) is 24.3 Å². The topological polar surface area (TPSA) is 76.0 Å². The largest absolute Gasteiger partial charge is 0.330 e. The van der Waals surface area contributed by atoms with E-state index in [-0.39, 0.29) is 17.7 Å². The van der Waals surface area contributed by atoms with Crippen LogP contribution in [0.1, 0.15) is 54.9 Å². The van der Waals surface area contributed by atoms with Crippen LogP contribution in [0.15, 0.2) is 60.9 Å². The van der Waals surface area contributed by atoms with Gasteiger partial charge in [-0.3, -0.25) is 9.59 Å². The van der Waals surface area contributed by atoms with Crippen LogP contribution in [0, 0.1) is 11.8 Å². The highest BCUT2D eigenvalue weighted by atomic mass is 16.2. The highest BCUT2D eigenvalue weighted by Crippen LogP contribution is 2.38. The predicted octanol–water partition coefficient (Wildman–Crippen LogP) is 4.90. The third kappa shape index (κ3) is 5.02. The average molecular weight is 417 g/mol. The first-order chi connectivity index (χ1) is 14.9. The molecular formula is C25H28N4O2. The molecule has 2 atom stereocenters. The molecule has 2 unspecified atom stereocenters. The van der Waals surface area contributed by atoms with Crippen molar-refractivity contribution in [1.29, 1.82) is 0 Å². The normalized spacial score (nSPS) is 17.4. The Labute approximate surface area is 182 Å². The molecular weight excluding hydrogens is 388 g/mol. The van der Waals surface area contributed by atoms with Gasteiger partial charge in [0.2, 0.25) is 5.91 Å². The quantitative estimate of drug-likeness (QED) is 0.575. The van der Waals surface area contributed by atoms with Crippen molar-refractivity contribution in [3.63, 3.8) is 0 Å². The van der Waals surface area contributed by atoms with Gasteiger partial charge >= 0.3 is 0 Å². The van der Waals surface area contributed by atoms with Gasteiger partial charge in [0.15, 0.2) is 0 Å². The first kappa shape index (κ1) is 20.8. The zero-order chi connectivity index (χ0) is 22.0. The molecule has 0 spiro atoms. The van der Waals surface area contributed by atoms with Gasteiger partial charge in [-0.25, -0.2) is 4.98 Å². The second-order valence-corrected chi connectivity index (χ2v) is 8.61. The van der Waals surface area contributed by atoms with Crippen molar-refractivity contribution >= 4 is 23.2 Å². The van der Waals surface area contributed by atoms with Gasteiger partial charge in [0, 0.05) is 47.7 Å². The standard InChI is InChI=1S/C25H28N4O2/c1-16(2)23-26-10-11-29(23)15-18-6-4-8-20(13-18)27-24(30)19-7-5-9-21(14-19)28-25(31)22-12-17(22)3/h4-11,13-14,16-17,22H,12,15H2,1-3H3,(H,27,30)(H,28,31). The highest BCUT2D eigenvalue weighted by Gasteiger charge is 2.39. The van der Waals surface area contributed by atoms with Crippen LogP contribution < -0.4 is 10.6 Å². The third-order valence-electron chi connectivity index (χ3n) is 5.64. The fourth-order valence-electron chi connectivity index (χ4n) is 3.76. The summed E-state index contributed by atoms with van der Waals surface area (Å²) >= 11 is 0. The summed E-state index contributed by atoms with van der Waals surface area (Å²) in [4.78, 5) is 29.4. The molecule has 2 amide bonds. The molecule has 0 radical (unpaired) electrons. The van der Waals surface area contributed by atoms with Crippen molar-refractivity contribution in [2.24, 2.45) is 11.8 Å². The minimum absolute atomic E-state index is 0.0260. The number of imidazole rings is 1. The van der Waals surface area contributed by atoms with E-state index in [4.69, 9.17) is 0 Å². The summed E-state index contributed by atoms with van der Waals surface area (Å²) in [6.07, 6.45) is 4.72. The Morgan fingerprint density at radius 3 is 2.52 bits per heavy atom. The Kier molecular flexibility index (Phi) is 5.89. The Bertz CT molecular complexity index is 1100. The molecule has 0 aliphatic heterocycles. The van der Waals surface area contributed by atoms with E-state index in [1.165, 1.54) is 0 Å². The number of carbonyl (C=O) groups excluding carboxylic acids is 2. The number of rotatable bonds is 7. The van der Waals surface area contributed by atoms with E-state index < -0.39 is 0 Å². The molecule has 6 nitrogen and oxygen atoms in total. The molecule has 3 aromatic rings. The number of anilines is 2. The number of nitrogens with one attached hydrogen (secondary N) is 2. The number of benzene rings is 2. The van der Waals surface area contributed by atoms with E-state index in [0.29, 0.717) is 29.6 Å². The average Bonchev–Trinajstić information content (AvgIpc) is 3.29. The SMILES string of the molecule is CC(C)c1nccn1Cc1cccc(NC(=O)c2cccc(NC(=O)C3CC3C)c2)c1. The summed E-state index contributed by atoms with van der Waals surface area (Å²) in [6, 6.07) is 14.9. The van der Waals surface area contributed by atoms with Crippen LogP contribution in [0.3, 0.4) is 0 Å². The van der Waals surface area contributed by atoms with Gasteiger partial charge < -0.3 is 15.2 Å². The number of hydrogen-bond donors (Lipinski definition) is 2. The lowest BCUT2D eigenvalue weighted by atomic mass is 10.1. The number of aromatic nitrogens is 2. The van der Waals surface area contributed by atoms with Crippen LogP contribution in [0.5, 0.6) is 0 Å². The van der Waals surface area contributed by atoms with Gasteiger partial charge in [-0.1, -0.05) is 39.0 Å². The predicted molar refractivity (Wildman–Crippen MR) is 122 cm³/mol. The van der Waals surface area contributed by atoms with Crippen LogP contribution in [-0.4, -0.2) is 21.4 Å². The third-order valence-corrected chi connectivity index (χ3v) is 5.64. The van der Waals surface area contributed by atoms with Gasteiger partial charge in [0.05, 0.1) is 0 Å². The number of hydrogen-bond acceptors (Lipinski definition) is 3. The Hall–Kier alpha value is -3.41. The summed E-state index contributed by atoms with van der Waals surface area (Å²) in [5.74, 6) is 1.73.